The van der Waals surface area contributed by atoms with E-state index < -0.39 is 10.0 Å². The molecule has 1 rings (SSSR count). The van der Waals surface area contributed by atoms with Gasteiger partial charge in [0.25, 0.3) is 0 Å². The predicted octanol–water partition coefficient (Wildman–Crippen LogP) is 2.13. The Labute approximate surface area is 162 Å². The minimum Gasteiger partial charge on any atom is -0.378 e. The molecular formula is C17H30ClN3O4S. The maximum absolute atomic E-state index is 12.1. The van der Waals surface area contributed by atoms with E-state index in [1.54, 1.807) is 12.1 Å². The molecule has 1 atom stereocenters. The van der Waals surface area contributed by atoms with Crippen LogP contribution >= 0.6 is 12.4 Å². The lowest BCUT2D eigenvalue weighted by Gasteiger charge is -2.15. The molecule has 1 aromatic rings. The molecule has 0 saturated heterocycles. The lowest BCUT2D eigenvalue weighted by molar-refractivity contribution is -0.117. The number of nitrogens with two attached hydrogens (primary N) is 1. The summed E-state index contributed by atoms with van der Waals surface area (Å²) in [4.78, 5) is 12.1. The first-order chi connectivity index (χ1) is 11.7. The number of ether oxygens (including phenoxy) is 1. The Morgan fingerprint density at radius 1 is 1.27 bits per heavy atom. The molecule has 1 aromatic carbocycles. The van der Waals surface area contributed by atoms with Crippen LogP contribution in [0.15, 0.2) is 29.2 Å². The number of halogens is 1. The summed E-state index contributed by atoms with van der Waals surface area (Å²) in [5.41, 5.74) is 5.73. The van der Waals surface area contributed by atoms with Gasteiger partial charge < -0.3 is 15.8 Å². The highest BCUT2D eigenvalue weighted by atomic mass is 35.5. The van der Waals surface area contributed by atoms with Gasteiger partial charge in [-0.3, -0.25) is 4.79 Å². The molecule has 4 N–H and O–H groups in total. The van der Waals surface area contributed by atoms with Crippen molar-refractivity contribution in [1.29, 1.82) is 0 Å². The van der Waals surface area contributed by atoms with Crippen molar-refractivity contribution in [3.05, 3.63) is 24.3 Å². The van der Waals surface area contributed by atoms with Gasteiger partial charge in [-0.15, -0.1) is 12.4 Å². The van der Waals surface area contributed by atoms with Gasteiger partial charge in [0.2, 0.25) is 15.9 Å². The lowest BCUT2D eigenvalue weighted by atomic mass is 10.1. The van der Waals surface area contributed by atoms with E-state index in [0.717, 1.165) is 6.42 Å². The molecule has 150 valence electrons. The minimum absolute atomic E-state index is 0. The molecule has 26 heavy (non-hydrogen) atoms. The van der Waals surface area contributed by atoms with E-state index in [9.17, 15) is 13.2 Å². The van der Waals surface area contributed by atoms with E-state index in [0.29, 0.717) is 18.2 Å². The summed E-state index contributed by atoms with van der Waals surface area (Å²) in [7, 11) is -3.63. The molecule has 0 aromatic heterocycles. The van der Waals surface area contributed by atoms with Gasteiger partial charge in [0.05, 0.1) is 24.0 Å². The highest BCUT2D eigenvalue weighted by Crippen LogP contribution is 2.15. The summed E-state index contributed by atoms with van der Waals surface area (Å²) in [5, 5.41) is 2.69. The fraction of sp³-hybridized carbons (Fsp3) is 0.588. The van der Waals surface area contributed by atoms with Crippen LogP contribution < -0.4 is 15.8 Å². The molecule has 0 aliphatic heterocycles. The van der Waals surface area contributed by atoms with Crippen molar-refractivity contribution in [2.45, 2.75) is 44.6 Å². The van der Waals surface area contributed by atoms with E-state index in [2.05, 4.69) is 23.9 Å². The highest BCUT2D eigenvalue weighted by Gasteiger charge is 2.14. The van der Waals surface area contributed by atoms with Crippen LogP contribution in [0.5, 0.6) is 0 Å². The second-order valence-electron chi connectivity index (χ2n) is 6.32. The van der Waals surface area contributed by atoms with Crippen LogP contribution in [0, 0.1) is 5.92 Å². The molecule has 0 bridgehead atoms. The second kappa shape index (κ2) is 12.2. The molecule has 0 fully saturated rings. The van der Waals surface area contributed by atoms with Gasteiger partial charge in [0.1, 0.15) is 0 Å². The SMILES string of the molecule is CC(C)CC(C)OCCC(=O)Nc1cccc(S(=O)(=O)NCCN)c1.Cl. The fourth-order valence-corrected chi connectivity index (χ4v) is 3.42. The van der Waals surface area contributed by atoms with Crippen LogP contribution in [-0.2, 0) is 19.6 Å². The van der Waals surface area contributed by atoms with Gasteiger partial charge in [-0.05, 0) is 37.5 Å². The fourth-order valence-electron chi connectivity index (χ4n) is 2.33. The molecule has 1 amide bonds. The van der Waals surface area contributed by atoms with E-state index in [-0.39, 0.29) is 48.8 Å². The number of hydrogen-bond donors (Lipinski definition) is 3. The Morgan fingerprint density at radius 3 is 2.58 bits per heavy atom. The van der Waals surface area contributed by atoms with Crippen LogP contribution in [0.2, 0.25) is 0 Å². The normalized spacial score (nSPS) is 12.5. The average Bonchev–Trinajstić information content (AvgIpc) is 2.52. The van der Waals surface area contributed by atoms with Gasteiger partial charge in [-0.1, -0.05) is 19.9 Å². The summed E-state index contributed by atoms with van der Waals surface area (Å²) >= 11 is 0. The average molecular weight is 408 g/mol. The summed E-state index contributed by atoms with van der Waals surface area (Å²) in [6, 6.07) is 6.10. The molecule has 0 radical (unpaired) electrons. The van der Waals surface area contributed by atoms with Crippen molar-refractivity contribution >= 4 is 34.0 Å². The highest BCUT2D eigenvalue weighted by molar-refractivity contribution is 7.89. The lowest BCUT2D eigenvalue weighted by Crippen LogP contribution is -2.29. The molecule has 1 unspecified atom stereocenters. The Bertz CT molecular complexity index is 653. The first-order valence-corrected chi connectivity index (χ1v) is 9.94. The zero-order valence-electron chi connectivity index (χ0n) is 15.5. The zero-order chi connectivity index (χ0) is 18.9. The number of benzene rings is 1. The Balaban J connectivity index is 0.00000625. The van der Waals surface area contributed by atoms with Gasteiger partial charge in [-0.25, -0.2) is 13.1 Å². The summed E-state index contributed by atoms with van der Waals surface area (Å²) < 4.78 is 32.1. The van der Waals surface area contributed by atoms with Crippen LogP contribution in [0.25, 0.3) is 0 Å². The third-order valence-corrected chi connectivity index (χ3v) is 4.86. The Morgan fingerprint density at radius 2 is 1.96 bits per heavy atom. The smallest absolute Gasteiger partial charge is 0.240 e. The summed E-state index contributed by atoms with van der Waals surface area (Å²) in [6.45, 7) is 6.93. The monoisotopic (exact) mass is 407 g/mol. The Hall–Kier alpha value is -1.19. The summed E-state index contributed by atoms with van der Waals surface area (Å²) in [5.74, 6) is 0.322. The number of sulfonamides is 1. The molecular weight excluding hydrogens is 378 g/mol. The van der Waals surface area contributed by atoms with Crippen LogP contribution in [-0.4, -0.2) is 40.1 Å². The molecule has 0 heterocycles. The predicted molar refractivity (Wildman–Crippen MR) is 106 cm³/mol. The van der Waals surface area contributed by atoms with Gasteiger partial charge in [0.15, 0.2) is 0 Å². The first-order valence-electron chi connectivity index (χ1n) is 8.46. The molecule has 0 spiro atoms. The maximum Gasteiger partial charge on any atom is 0.240 e. The molecule has 0 aliphatic carbocycles. The first kappa shape index (κ1) is 24.8. The quantitative estimate of drug-likeness (QED) is 0.520. The largest absolute Gasteiger partial charge is 0.378 e. The van der Waals surface area contributed by atoms with E-state index in [1.165, 1.54) is 12.1 Å². The van der Waals surface area contributed by atoms with Crippen molar-refractivity contribution in [3.8, 4) is 0 Å². The van der Waals surface area contributed by atoms with Crippen LogP contribution in [0.3, 0.4) is 0 Å². The van der Waals surface area contributed by atoms with Crippen molar-refractivity contribution in [1.82, 2.24) is 4.72 Å². The summed E-state index contributed by atoms with van der Waals surface area (Å²) in [6.07, 6.45) is 1.26. The number of carbonyl (C=O) groups is 1. The number of nitrogens with one attached hydrogen (secondary N) is 2. The minimum atomic E-state index is -3.63. The molecule has 9 heteroatoms. The number of carbonyl (C=O) groups excluding carboxylic acids is 1. The third-order valence-electron chi connectivity index (χ3n) is 3.40. The number of hydrogen-bond acceptors (Lipinski definition) is 5. The van der Waals surface area contributed by atoms with Crippen molar-refractivity contribution < 1.29 is 17.9 Å². The van der Waals surface area contributed by atoms with Crippen molar-refractivity contribution in [2.24, 2.45) is 11.7 Å². The number of anilines is 1. The van der Waals surface area contributed by atoms with E-state index in [4.69, 9.17) is 10.5 Å². The van der Waals surface area contributed by atoms with Crippen LogP contribution in [0.1, 0.15) is 33.6 Å². The molecule has 0 aliphatic rings. The van der Waals surface area contributed by atoms with Crippen molar-refractivity contribution in [3.63, 3.8) is 0 Å². The maximum atomic E-state index is 12.1. The number of rotatable bonds is 11. The van der Waals surface area contributed by atoms with E-state index >= 15 is 0 Å². The van der Waals surface area contributed by atoms with Gasteiger partial charge in [-0.2, -0.15) is 0 Å². The van der Waals surface area contributed by atoms with Crippen molar-refractivity contribution in [2.75, 3.05) is 25.0 Å². The Kier molecular flexibility index (Phi) is 11.7. The molecule has 0 saturated carbocycles. The van der Waals surface area contributed by atoms with Gasteiger partial charge >= 0.3 is 0 Å². The van der Waals surface area contributed by atoms with Crippen LogP contribution in [0.4, 0.5) is 5.69 Å². The zero-order valence-corrected chi connectivity index (χ0v) is 17.2. The standard InChI is InChI=1S/C17H29N3O4S.ClH/c1-13(2)11-14(3)24-10-7-17(21)20-15-5-4-6-16(12-15)25(22,23)19-9-8-18;/h4-6,12-14,19H,7-11,18H2,1-3H3,(H,20,21);1H. The topological polar surface area (TPSA) is 111 Å². The van der Waals surface area contributed by atoms with Gasteiger partial charge in [0, 0.05) is 18.8 Å². The third kappa shape index (κ3) is 9.49. The molecule has 7 nitrogen and oxygen atoms in total. The van der Waals surface area contributed by atoms with E-state index in [1.807, 2.05) is 6.92 Å². The second-order valence-corrected chi connectivity index (χ2v) is 8.09. The number of amides is 1.